The quantitative estimate of drug-likeness (QED) is 0.588. The summed E-state index contributed by atoms with van der Waals surface area (Å²) >= 11 is 0. The molecule has 58 valence electrons. The number of amides is 1. The monoisotopic (exact) mass is 145 g/mol. The van der Waals surface area contributed by atoms with Gasteiger partial charge in [0.1, 0.15) is 0 Å². The minimum atomic E-state index is -0.757. The number of ether oxygens (including phenoxy) is 2. The molecule has 0 aliphatic carbocycles. The summed E-state index contributed by atoms with van der Waals surface area (Å²) in [6.07, 6.45) is 1.69. The third-order valence-electron chi connectivity index (χ3n) is 1.39. The van der Waals surface area contributed by atoms with E-state index in [9.17, 15) is 4.79 Å². The van der Waals surface area contributed by atoms with Crippen molar-refractivity contribution in [1.29, 1.82) is 0 Å². The summed E-state index contributed by atoms with van der Waals surface area (Å²) in [7, 11) is 0. The van der Waals surface area contributed by atoms with Crippen molar-refractivity contribution in [3.63, 3.8) is 0 Å². The molecule has 1 rings (SSSR count). The topological polar surface area (TPSA) is 61.6 Å². The molecule has 4 heteroatoms. The molecule has 0 radical (unpaired) electrons. The minimum absolute atomic E-state index is 0.397. The van der Waals surface area contributed by atoms with Gasteiger partial charge in [0.15, 0.2) is 0 Å². The van der Waals surface area contributed by atoms with Crippen molar-refractivity contribution < 1.29 is 14.3 Å². The highest BCUT2D eigenvalue weighted by atomic mass is 16.7. The molecule has 10 heavy (non-hydrogen) atoms. The van der Waals surface area contributed by atoms with Gasteiger partial charge in [-0.1, -0.05) is 0 Å². The molecule has 2 N–H and O–H groups in total. The lowest BCUT2D eigenvalue weighted by atomic mass is 10.2. The van der Waals surface area contributed by atoms with Gasteiger partial charge < -0.3 is 15.2 Å². The highest BCUT2D eigenvalue weighted by molar-refractivity contribution is 5.64. The van der Waals surface area contributed by atoms with Crippen LogP contribution >= 0.6 is 0 Å². The predicted molar refractivity (Wildman–Crippen MR) is 34.3 cm³/mol. The smallest absolute Gasteiger partial charge is 0.406 e. The fourth-order valence-corrected chi connectivity index (χ4v) is 0.934. The number of nitrogens with two attached hydrogens (primary N) is 1. The van der Waals surface area contributed by atoms with Crippen molar-refractivity contribution >= 4 is 6.09 Å². The lowest BCUT2D eigenvalue weighted by Gasteiger charge is -2.20. The van der Waals surface area contributed by atoms with Gasteiger partial charge in [0.25, 0.3) is 0 Å². The largest absolute Gasteiger partial charge is 0.420 e. The van der Waals surface area contributed by atoms with Crippen molar-refractivity contribution in [2.24, 2.45) is 5.73 Å². The summed E-state index contributed by atoms with van der Waals surface area (Å²) in [4.78, 5) is 10.2. The Morgan fingerprint density at radius 3 is 2.90 bits per heavy atom. The molecule has 1 saturated heterocycles. The molecule has 0 aromatic rings. The van der Waals surface area contributed by atoms with Crippen LogP contribution in [0.1, 0.15) is 19.3 Å². The van der Waals surface area contributed by atoms with Gasteiger partial charge in [-0.15, -0.1) is 0 Å². The van der Waals surface area contributed by atoms with E-state index in [0.717, 1.165) is 19.3 Å². The van der Waals surface area contributed by atoms with Gasteiger partial charge in [-0.3, -0.25) is 0 Å². The zero-order valence-electron chi connectivity index (χ0n) is 5.71. The SMILES string of the molecule is NC(=O)OC1CCCCO1. The number of hydrogen-bond donors (Lipinski definition) is 1. The second-order valence-corrected chi connectivity index (χ2v) is 2.23. The van der Waals surface area contributed by atoms with Crippen molar-refractivity contribution in [3.8, 4) is 0 Å². The van der Waals surface area contributed by atoms with Crippen LogP contribution < -0.4 is 5.73 Å². The highest BCUT2D eigenvalue weighted by Crippen LogP contribution is 2.12. The number of primary amides is 1. The highest BCUT2D eigenvalue weighted by Gasteiger charge is 2.15. The van der Waals surface area contributed by atoms with Crippen LogP contribution in [0.15, 0.2) is 0 Å². The van der Waals surface area contributed by atoms with Crippen molar-refractivity contribution in [2.45, 2.75) is 25.6 Å². The van der Waals surface area contributed by atoms with Crippen molar-refractivity contribution in [2.75, 3.05) is 6.61 Å². The first kappa shape index (κ1) is 7.34. The molecule has 1 unspecified atom stereocenters. The van der Waals surface area contributed by atoms with E-state index >= 15 is 0 Å². The fraction of sp³-hybridized carbons (Fsp3) is 0.833. The summed E-state index contributed by atoms with van der Waals surface area (Å²) in [5.41, 5.74) is 4.78. The standard InChI is InChI=1S/C6H11NO3/c7-6(8)10-5-3-1-2-4-9-5/h5H,1-4H2,(H2,7,8). The molecule has 1 fully saturated rings. The number of carbonyl (C=O) groups is 1. The Kier molecular flexibility index (Phi) is 2.50. The van der Waals surface area contributed by atoms with Crippen LogP contribution in [0.25, 0.3) is 0 Å². The van der Waals surface area contributed by atoms with Crippen LogP contribution in [0.3, 0.4) is 0 Å². The number of hydrogen-bond acceptors (Lipinski definition) is 3. The Balaban J connectivity index is 2.19. The van der Waals surface area contributed by atoms with E-state index < -0.39 is 12.4 Å². The third kappa shape index (κ3) is 2.23. The first-order valence-corrected chi connectivity index (χ1v) is 3.37. The van der Waals surface area contributed by atoms with Crippen LogP contribution in [0.4, 0.5) is 4.79 Å². The van der Waals surface area contributed by atoms with Gasteiger partial charge in [-0.05, 0) is 12.8 Å². The molecule has 0 spiro atoms. The van der Waals surface area contributed by atoms with E-state index in [1.807, 2.05) is 0 Å². The van der Waals surface area contributed by atoms with Crippen molar-refractivity contribution in [3.05, 3.63) is 0 Å². The van der Waals surface area contributed by atoms with Crippen LogP contribution in [-0.2, 0) is 9.47 Å². The third-order valence-corrected chi connectivity index (χ3v) is 1.39. The molecule has 4 nitrogen and oxygen atoms in total. The van der Waals surface area contributed by atoms with Gasteiger partial charge in [-0.25, -0.2) is 4.79 Å². The Morgan fingerprint density at radius 1 is 1.60 bits per heavy atom. The maximum absolute atomic E-state index is 10.2. The maximum atomic E-state index is 10.2. The molecular formula is C6H11NO3. The minimum Gasteiger partial charge on any atom is -0.420 e. The van der Waals surface area contributed by atoms with Crippen molar-refractivity contribution in [1.82, 2.24) is 0 Å². The molecule has 0 aromatic heterocycles. The average molecular weight is 145 g/mol. The maximum Gasteiger partial charge on any atom is 0.406 e. The molecule has 1 amide bonds. The Hall–Kier alpha value is -0.770. The van der Waals surface area contributed by atoms with E-state index in [4.69, 9.17) is 10.5 Å². The van der Waals surface area contributed by atoms with Crippen LogP contribution in [0.5, 0.6) is 0 Å². The van der Waals surface area contributed by atoms with E-state index in [1.165, 1.54) is 0 Å². The molecule has 0 aromatic carbocycles. The Labute approximate surface area is 59.3 Å². The zero-order chi connectivity index (χ0) is 7.40. The van der Waals surface area contributed by atoms with Gasteiger partial charge >= 0.3 is 6.09 Å². The van der Waals surface area contributed by atoms with E-state index in [1.54, 1.807) is 0 Å². The van der Waals surface area contributed by atoms with E-state index in [2.05, 4.69) is 4.74 Å². The normalized spacial score (nSPS) is 25.8. The molecule has 1 atom stereocenters. The second-order valence-electron chi connectivity index (χ2n) is 2.23. The second kappa shape index (κ2) is 3.41. The van der Waals surface area contributed by atoms with Gasteiger partial charge in [0.2, 0.25) is 6.29 Å². The number of rotatable bonds is 1. The van der Waals surface area contributed by atoms with E-state index in [-0.39, 0.29) is 0 Å². The number of carbonyl (C=O) groups excluding carboxylic acids is 1. The lowest BCUT2D eigenvalue weighted by molar-refractivity contribution is -0.124. The first-order chi connectivity index (χ1) is 4.79. The van der Waals surface area contributed by atoms with Gasteiger partial charge in [0, 0.05) is 6.42 Å². The summed E-state index contributed by atoms with van der Waals surface area (Å²) in [5, 5.41) is 0. The summed E-state index contributed by atoms with van der Waals surface area (Å²) in [6.45, 7) is 0.665. The molecule has 0 bridgehead atoms. The predicted octanol–water partition coefficient (Wildman–Crippen LogP) is 0.608. The summed E-state index contributed by atoms with van der Waals surface area (Å²) in [5.74, 6) is 0. The lowest BCUT2D eigenvalue weighted by Crippen LogP contribution is -2.28. The molecule has 1 heterocycles. The van der Waals surface area contributed by atoms with Crippen LogP contribution in [0.2, 0.25) is 0 Å². The first-order valence-electron chi connectivity index (χ1n) is 3.37. The van der Waals surface area contributed by atoms with Gasteiger partial charge in [0.05, 0.1) is 6.61 Å². The molecule has 1 aliphatic heterocycles. The summed E-state index contributed by atoms with van der Waals surface area (Å²) < 4.78 is 9.67. The Morgan fingerprint density at radius 2 is 2.40 bits per heavy atom. The molecule has 1 aliphatic rings. The van der Waals surface area contributed by atoms with E-state index in [0.29, 0.717) is 6.61 Å². The van der Waals surface area contributed by atoms with Crippen LogP contribution in [-0.4, -0.2) is 19.0 Å². The average Bonchev–Trinajstić information content (AvgIpc) is 1.88. The van der Waals surface area contributed by atoms with Gasteiger partial charge in [-0.2, -0.15) is 0 Å². The summed E-state index contributed by atoms with van der Waals surface area (Å²) in [6, 6.07) is 0. The fourth-order valence-electron chi connectivity index (χ4n) is 0.934. The van der Waals surface area contributed by atoms with Crippen LogP contribution in [0, 0.1) is 0 Å². The molecule has 0 saturated carbocycles. The molecular weight excluding hydrogens is 134 g/mol. The Bertz CT molecular complexity index is 120. The zero-order valence-corrected chi connectivity index (χ0v) is 5.71.